The van der Waals surface area contributed by atoms with Gasteiger partial charge in [-0.25, -0.2) is 4.98 Å². The molecule has 5 nitrogen and oxygen atoms in total. The van der Waals surface area contributed by atoms with Crippen LogP contribution in [0.1, 0.15) is 16.1 Å². The summed E-state index contributed by atoms with van der Waals surface area (Å²) in [5, 5.41) is 12.1. The van der Waals surface area contributed by atoms with Crippen molar-refractivity contribution >= 4 is 23.2 Å². The summed E-state index contributed by atoms with van der Waals surface area (Å²) in [6.45, 7) is 0. The van der Waals surface area contributed by atoms with Crippen LogP contribution in [0.15, 0.2) is 36.5 Å². The van der Waals surface area contributed by atoms with Gasteiger partial charge in [-0.1, -0.05) is 17.7 Å². The van der Waals surface area contributed by atoms with Gasteiger partial charge in [0.25, 0.3) is 5.91 Å². The molecule has 0 atom stereocenters. The third kappa shape index (κ3) is 2.87. The number of hydrogen-bond donors (Lipinski definition) is 1. The molecule has 0 aliphatic carbocycles. The molecule has 2 aromatic rings. The molecule has 0 fully saturated rings. The molecule has 1 heterocycles. The van der Waals surface area contributed by atoms with Crippen LogP contribution < -0.4 is 10.1 Å². The highest BCUT2D eigenvalue weighted by atomic mass is 35.5. The highest BCUT2D eigenvalue weighted by molar-refractivity contribution is 6.30. The maximum atomic E-state index is 12.1. The van der Waals surface area contributed by atoms with Crippen molar-refractivity contribution in [2.45, 2.75) is 0 Å². The van der Waals surface area contributed by atoms with E-state index in [-0.39, 0.29) is 5.69 Å². The van der Waals surface area contributed by atoms with Crippen molar-refractivity contribution in [3.8, 4) is 11.8 Å². The Balaban J connectivity index is 2.32. The molecule has 0 aliphatic heterocycles. The third-order valence-electron chi connectivity index (χ3n) is 2.57. The van der Waals surface area contributed by atoms with Gasteiger partial charge in [-0.05, 0) is 24.3 Å². The van der Waals surface area contributed by atoms with Crippen LogP contribution in [0.4, 0.5) is 5.69 Å². The molecule has 0 aliphatic rings. The maximum absolute atomic E-state index is 12.1. The Bertz CT molecular complexity index is 678. The molecule has 100 valence electrons. The molecule has 1 amide bonds. The second kappa shape index (κ2) is 6.04. The Kier molecular flexibility index (Phi) is 4.18. The molecule has 0 saturated heterocycles. The van der Waals surface area contributed by atoms with E-state index in [1.165, 1.54) is 19.4 Å². The number of aromatic nitrogens is 1. The molecular formula is C14H10ClN3O2. The SMILES string of the molecule is COc1cccc(C#N)c1NC(=O)c1ccc(Cl)cn1. The Labute approximate surface area is 120 Å². The summed E-state index contributed by atoms with van der Waals surface area (Å²) in [6, 6.07) is 9.99. The van der Waals surface area contributed by atoms with Crippen LogP contribution in [0.5, 0.6) is 5.75 Å². The molecule has 6 heteroatoms. The van der Waals surface area contributed by atoms with Crippen LogP contribution in [0.3, 0.4) is 0 Å². The molecule has 0 saturated carbocycles. The Hall–Kier alpha value is -2.58. The van der Waals surface area contributed by atoms with Gasteiger partial charge in [-0.3, -0.25) is 4.79 Å². The van der Waals surface area contributed by atoms with E-state index in [0.717, 1.165) is 0 Å². The molecule has 0 bridgehead atoms. The number of anilines is 1. The van der Waals surface area contributed by atoms with E-state index in [9.17, 15) is 4.79 Å². The number of nitrogens with zero attached hydrogens (tertiary/aromatic N) is 2. The number of pyridine rings is 1. The Morgan fingerprint density at radius 1 is 1.40 bits per heavy atom. The highest BCUT2D eigenvalue weighted by Gasteiger charge is 2.14. The van der Waals surface area contributed by atoms with Crippen LogP contribution in [-0.2, 0) is 0 Å². The number of hydrogen-bond acceptors (Lipinski definition) is 4. The molecule has 20 heavy (non-hydrogen) atoms. The number of halogens is 1. The van der Waals surface area contributed by atoms with Crippen molar-refractivity contribution < 1.29 is 9.53 Å². The lowest BCUT2D eigenvalue weighted by Crippen LogP contribution is -2.15. The summed E-state index contributed by atoms with van der Waals surface area (Å²) in [5.41, 5.74) is 0.829. The number of methoxy groups -OCH3 is 1. The van der Waals surface area contributed by atoms with Crippen molar-refractivity contribution in [3.63, 3.8) is 0 Å². The summed E-state index contributed by atoms with van der Waals surface area (Å²) < 4.78 is 5.14. The smallest absolute Gasteiger partial charge is 0.274 e. The van der Waals surface area contributed by atoms with Gasteiger partial charge in [0.2, 0.25) is 0 Å². The van der Waals surface area contributed by atoms with Crippen LogP contribution in [0.2, 0.25) is 5.02 Å². The topological polar surface area (TPSA) is 75.0 Å². The van der Waals surface area contributed by atoms with E-state index in [1.54, 1.807) is 24.3 Å². The summed E-state index contributed by atoms with van der Waals surface area (Å²) in [7, 11) is 1.46. The summed E-state index contributed by atoms with van der Waals surface area (Å²) in [6.07, 6.45) is 1.38. The van der Waals surface area contributed by atoms with Crippen LogP contribution >= 0.6 is 11.6 Å². The van der Waals surface area contributed by atoms with E-state index < -0.39 is 5.91 Å². The van der Waals surface area contributed by atoms with Gasteiger partial charge in [0.05, 0.1) is 17.7 Å². The van der Waals surface area contributed by atoms with Gasteiger partial charge in [-0.2, -0.15) is 5.26 Å². The highest BCUT2D eigenvalue weighted by Crippen LogP contribution is 2.28. The zero-order chi connectivity index (χ0) is 14.5. The van der Waals surface area contributed by atoms with Crippen LogP contribution in [0, 0.1) is 11.3 Å². The lowest BCUT2D eigenvalue weighted by molar-refractivity contribution is 0.102. The first kappa shape index (κ1) is 13.8. The van der Waals surface area contributed by atoms with Crippen molar-refractivity contribution in [1.82, 2.24) is 4.98 Å². The van der Waals surface area contributed by atoms with Gasteiger partial charge < -0.3 is 10.1 Å². The van der Waals surface area contributed by atoms with Crippen LogP contribution in [0.25, 0.3) is 0 Å². The number of rotatable bonds is 3. The first-order valence-corrected chi connectivity index (χ1v) is 6.03. The zero-order valence-electron chi connectivity index (χ0n) is 10.6. The zero-order valence-corrected chi connectivity index (χ0v) is 11.3. The first-order valence-electron chi connectivity index (χ1n) is 5.65. The average Bonchev–Trinajstić information content (AvgIpc) is 2.48. The summed E-state index contributed by atoms with van der Waals surface area (Å²) >= 11 is 5.71. The number of amides is 1. The van der Waals surface area contributed by atoms with E-state index in [1.807, 2.05) is 6.07 Å². The van der Waals surface area contributed by atoms with Crippen molar-refractivity contribution in [2.75, 3.05) is 12.4 Å². The molecular weight excluding hydrogens is 278 g/mol. The van der Waals surface area contributed by atoms with E-state index in [4.69, 9.17) is 21.6 Å². The summed E-state index contributed by atoms with van der Waals surface area (Å²) in [5.74, 6) is -0.0333. The number of benzene rings is 1. The quantitative estimate of drug-likeness (QED) is 0.942. The second-order valence-corrected chi connectivity index (χ2v) is 4.25. The molecule has 1 N–H and O–H groups in total. The minimum atomic E-state index is -0.442. The number of para-hydroxylation sites is 1. The lowest BCUT2D eigenvalue weighted by Gasteiger charge is -2.11. The number of carbonyl (C=O) groups excluding carboxylic acids is 1. The Morgan fingerprint density at radius 3 is 2.80 bits per heavy atom. The number of carbonyl (C=O) groups is 1. The van der Waals surface area contributed by atoms with E-state index in [2.05, 4.69) is 10.3 Å². The van der Waals surface area contributed by atoms with Gasteiger partial charge in [0.1, 0.15) is 23.2 Å². The maximum Gasteiger partial charge on any atom is 0.274 e. The Morgan fingerprint density at radius 2 is 2.20 bits per heavy atom. The fraction of sp³-hybridized carbons (Fsp3) is 0.0714. The largest absolute Gasteiger partial charge is 0.495 e. The van der Waals surface area contributed by atoms with Gasteiger partial charge >= 0.3 is 0 Å². The minimum absolute atomic E-state index is 0.198. The summed E-state index contributed by atoms with van der Waals surface area (Å²) in [4.78, 5) is 16.0. The normalized spacial score (nSPS) is 9.65. The lowest BCUT2D eigenvalue weighted by atomic mass is 10.1. The fourth-order valence-corrected chi connectivity index (χ4v) is 1.72. The molecule has 0 spiro atoms. The fourth-order valence-electron chi connectivity index (χ4n) is 1.61. The van der Waals surface area contributed by atoms with Gasteiger partial charge in [-0.15, -0.1) is 0 Å². The number of nitrogens with one attached hydrogen (secondary N) is 1. The molecule has 1 aromatic heterocycles. The predicted octanol–water partition coefficient (Wildman–Crippen LogP) is 2.87. The minimum Gasteiger partial charge on any atom is -0.495 e. The van der Waals surface area contributed by atoms with Crippen molar-refractivity contribution in [1.29, 1.82) is 5.26 Å². The first-order chi connectivity index (χ1) is 9.65. The number of nitriles is 1. The van der Waals surface area contributed by atoms with Crippen molar-refractivity contribution in [3.05, 3.63) is 52.8 Å². The number of ether oxygens (including phenoxy) is 1. The second-order valence-electron chi connectivity index (χ2n) is 3.81. The third-order valence-corrected chi connectivity index (χ3v) is 2.79. The standard InChI is InChI=1S/C14H10ClN3O2/c1-20-12-4-2-3-9(7-16)13(12)18-14(19)11-6-5-10(15)8-17-11/h2-6,8H,1H3,(H,18,19). The molecule has 1 aromatic carbocycles. The van der Waals surface area contributed by atoms with Crippen molar-refractivity contribution in [2.24, 2.45) is 0 Å². The van der Waals surface area contributed by atoms with Crippen LogP contribution in [-0.4, -0.2) is 18.0 Å². The predicted molar refractivity (Wildman–Crippen MR) is 74.9 cm³/mol. The monoisotopic (exact) mass is 287 g/mol. The molecule has 2 rings (SSSR count). The molecule has 0 radical (unpaired) electrons. The van der Waals surface area contributed by atoms with E-state index >= 15 is 0 Å². The van der Waals surface area contributed by atoms with Gasteiger partial charge in [0, 0.05) is 6.20 Å². The van der Waals surface area contributed by atoms with Gasteiger partial charge in [0.15, 0.2) is 0 Å². The average molecular weight is 288 g/mol. The molecule has 0 unspecified atom stereocenters. The van der Waals surface area contributed by atoms with E-state index in [0.29, 0.717) is 22.0 Å².